The minimum atomic E-state index is -0.0265. The molecule has 1 aromatic rings. The normalized spacial score (nSPS) is 14.9. The smallest absolute Gasteiger partial charge is 0.236 e. The average molecular weight is 234 g/mol. The molecule has 17 heavy (non-hydrogen) atoms. The van der Waals surface area contributed by atoms with E-state index in [1.165, 1.54) is 5.56 Å². The lowest BCUT2D eigenvalue weighted by atomic mass is 10.0. The molecule has 1 heterocycles. The summed E-state index contributed by atoms with van der Waals surface area (Å²) in [5, 5.41) is 0. The van der Waals surface area contributed by atoms with Crippen LogP contribution >= 0.6 is 0 Å². The van der Waals surface area contributed by atoms with Crippen molar-refractivity contribution in [3.05, 3.63) is 28.8 Å². The number of carbonyl (C=O) groups excluding carboxylic acids is 1. The van der Waals surface area contributed by atoms with Crippen LogP contribution in [-0.4, -0.2) is 30.5 Å². The van der Waals surface area contributed by atoms with Gasteiger partial charge in [0.15, 0.2) is 0 Å². The Morgan fingerprint density at radius 2 is 2.24 bits per heavy atom. The number of aryl methyl sites for hydroxylation is 2. The molecule has 2 rings (SSSR count). The number of hydrogen-bond acceptors (Lipinski definition) is 3. The fourth-order valence-electron chi connectivity index (χ4n) is 2.17. The fraction of sp³-hybridized carbons (Fsp3) is 0.462. The third kappa shape index (κ3) is 2.42. The molecule has 0 bridgehead atoms. The zero-order valence-electron chi connectivity index (χ0n) is 10.3. The summed E-state index contributed by atoms with van der Waals surface area (Å²) in [6, 6.07) is 4.14. The maximum absolute atomic E-state index is 11.7. The van der Waals surface area contributed by atoms with Crippen LogP contribution in [0.1, 0.15) is 16.7 Å². The van der Waals surface area contributed by atoms with E-state index >= 15 is 0 Å². The van der Waals surface area contributed by atoms with E-state index in [0.29, 0.717) is 19.7 Å². The molecular weight excluding hydrogens is 216 g/mol. The number of benzene rings is 1. The van der Waals surface area contributed by atoms with Crippen molar-refractivity contribution in [1.29, 1.82) is 0 Å². The number of fused-ring (bicyclic) bond motifs is 1. The van der Waals surface area contributed by atoms with Gasteiger partial charge in [-0.15, -0.1) is 0 Å². The molecule has 4 nitrogen and oxygen atoms in total. The lowest BCUT2D eigenvalue weighted by Gasteiger charge is -2.19. The number of rotatable bonds is 1. The Hall–Kier alpha value is -1.55. The van der Waals surface area contributed by atoms with Crippen molar-refractivity contribution in [2.24, 2.45) is 5.73 Å². The molecule has 1 amide bonds. The first-order chi connectivity index (χ1) is 8.11. The predicted octanol–water partition coefficient (Wildman–Crippen LogP) is 0.983. The molecule has 0 atom stereocenters. The van der Waals surface area contributed by atoms with Gasteiger partial charge in [0, 0.05) is 12.1 Å². The van der Waals surface area contributed by atoms with Crippen LogP contribution in [0.3, 0.4) is 0 Å². The fourth-order valence-corrected chi connectivity index (χ4v) is 2.17. The summed E-state index contributed by atoms with van der Waals surface area (Å²) in [7, 11) is 0. The molecule has 0 spiro atoms. The maximum Gasteiger partial charge on any atom is 0.236 e. The van der Waals surface area contributed by atoms with Gasteiger partial charge < -0.3 is 15.4 Å². The molecule has 4 heteroatoms. The molecule has 0 aliphatic carbocycles. The monoisotopic (exact) mass is 234 g/mol. The van der Waals surface area contributed by atoms with Gasteiger partial charge in [0.05, 0.1) is 13.1 Å². The third-order valence-electron chi connectivity index (χ3n) is 3.07. The Labute approximate surface area is 101 Å². The van der Waals surface area contributed by atoms with E-state index in [1.807, 2.05) is 19.9 Å². The average Bonchev–Trinajstić information content (AvgIpc) is 2.50. The molecule has 0 saturated heterocycles. The number of nitrogens with two attached hydrogens (primary N) is 1. The molecule has 1 aromatic carbocycles. The minimum Gasteiger partial charge on any atom is -0.491 e. The Balaban J connectivity index is 2.34. The van der Waals surface area contributed by atoms with Crippen molar-refractivity contribution in [3.63, 3.8) is 0 Å². The molecule has 0 aromatic heterocycles. The van der Waals surface area contributed by atoms with Crippen LogP contribution in [0.25, 0.3) is 0 Å². The van der Waals surface area contributed by atoms with Gasteiger partial charge in [-0.05, 0) is 31.0 Å². The van der Waals surface area contributed by atoms with Gasteiger partial charge in [0.1, 0.15) is 12.4 Å². The van der Waals surface area contributed by atoms with Gasteiger partial charge in [-0.25, -0.2) is 0 Å². The first-order valence-electron chi connectivity index (χ1n) is 5.82. The van der Waals surface area contributed by atoms with E-state index in [1.54, 1.807) is 4.90 Å². The van der Waals surface area contributed by atoms with Crippen LogP contribution in [-0.2, 0) is 11.3 Å². The minimum absolute atomic E-state index is 0.0265. The first kappa shape index (κ1) is 11.9. The van der Waals surface area contributed by atoms with Crippen molar-refractivity contribution < 1.29 is 9.53 Å². The van der Waals surface area contributed by atoms with E-state index in [0.717, 1.165) is 16.9 Å². The summed E-state index contributed by atoms with van der Waals surface area (Å²) in [5.74, 6) is 0.872. The Morgan fingerprint density at radius 3 is 2.94 bits per heavy atom. The van der Waals surface area contributed by atoms with E-state index < -0.39 is 0 Å². The largest absolute Gasteiger partial charge is 0.491 e. The zero-order valence-corrected chi connectivity index (χ0v) is 10.3. The number of carbonyl (C=O) groups is 1. The lowest BCUT2D eigenvalue weighted by molar-refractivity contribution is -0.130. The van der Waals surface area contributed by atoms with Gasteiger partial charge in [0.25, 0.3) is 0 Å². The topological polar surface area (TPSA) is 55.6 Å². The molecule has 1 aliphatic heterocycles. The highest BCUT2D eigenvalue weighted by Gasteiger charge is 2.20. The van der Waals surface area contributed by atoms with Crippen molar-refractivity contribution >= 4 is 5.91 Å². The van der Waals surface area contributed by atoms with Crippen LogP contribution in [0, 0.1) is 13.8 Å². The Morgan fingerprint density at radius 1 is 1.47 bits per heavy atom. The van der Waals surface area contributed by atoms with E-state index in [4.69, 9.17) is 10.5 Å². The molecule has 0 saturated carbocycles. The van der Waals surface area contributed by atoms with Gasteiger partial charge >= 0.3 is 0 Å². The quantitative estimate of drug-likeness (QED) is 0.788. The van der Waals surface area contributed by atoms with Gasteiger partial charge in [0.2, 0.25) is 5.91 Å². The van der Waals surface area contributed by atoms with Crippen LogP contribution in [0.15, 0.2) is 12.1 Å². The number of hydrogen-bond donors (Lipinski definition) is 1. The highest BCUT2D eigenvalue weighted by molar-refractivity contribution is 5.78. The predicted molar refractivity (Wildman–Crippen MR) is 65.9 cm³/mol. The first-order valence-corrected chi connectivity index (χ1v) is 5.82. The summed E-state index contributed by atoms with van der Waals surface area (Å²) in [5.41, 5.74) is 8.84. The highest BCUT2D eigenvalue weighted by Crippen LogP contribution is 2.27. The van der Waals surface area contributed by atoms with Crippen LogP contribution < -0.4 is 10.5 Å². The Bertz CT molecular complexity index is 443. The van der Waals surface area contributed by atoms with Crippen molar-refractivity contribution in [1.82, 2.24) is 4.90 Å². The summed E-state index contributed by atoms with van der Waals surface area (Å²) in [6.45, 7) is 5.87. The second-order valence-electron chi connectivity index (χ2n) is 4.43. The van der Waals surface area contributed by atoms with Gasteiger partial charge in [-0.2, -0.15) is 0 Å². The third-order valence-corrected chi connectivity index (χ3v) is 3.07. The SMILES string of the molecule is Cc1cc(C)c2c(c1)OCCN(C(=O)CN)C2. The number of amides is 1. The molecule has 1 aliphatic rings. The van der Waals surface area contributed by atoms with E-state index in [9.17, 15) is 4.79 Å². The molecule has 0 unspecified atom stereocenters. The summed E-state index contributed by atoms with van der Waals surface area (Å²) in [4.78, 5) is 13.4. The highest BCUT2D eigenvalue weighted by atomic mass is 16.5. The molecule has 92 valence electrons. The standard InChI is InChI=1S/C13H18N2O2/c1-9-5-10(2)11-8-15(13(16)7-14)3-4-17-12(11)6-9/h5-6H,3-4,7-8,14H2,1-2H3. The van der Waals surface area contributed by atoms with Crippen LogP contribution in [0.5, 0.6) is 5.75 Å². The lowest BCUT2D eigenvalue weighted by Crippen LogP contribution is -2.37. The molecular formula is C13H18N2O2. The van der Waals surface area contributed by atoms with Crippen molar-refractivity contribution in [2.75, 3.05) is 19.7 Å². The van der Waals surface area contributed by atoms with Crippen LogP contribution in [0.2, 0.25) is 0 Å². The van der Waals surface area contributed by atoms with Crippen molar-refractivity contribution in [2.45, 2.75) is 20.4 Å². The molecule has 2 N–H and O–H groups in total. The summed E-state index contributed by atoms with van der Waals surface area (Å²) >= 11 is 0. The molecule has 0 radical (unpaired) electrons. The van der Waals surface area contributed by atoms with Crippen LogP contribution in [0.4, 0.5) is 0 Å². The van der Waals surface area contributed by atoms with Gasteiger partial charge in [-0.3, -0.25) is 4.79 Å². The maximum atomic E-state index is 11.7. The second-order valence-corrected chi connectivity index (χ2v) is 4.43. The number of ether oxygens (including phenoxy) is 1. The second kappa shape index (κ2) is 4.75. The zero-order chi connectivity index (χ0) is 12.4. The molecule has 0 fully saturated rings. The summed E-state index contributed by atoms with van der Waals surface area (Å²) < 4.78 is 5.70. The number of nitrogens with zero attached hydrogens (tertiary/aromatic N) is 1. The Kier molecular flexibility index (Phi) is 3.33. The van der Waals surface area contributed by atoms with Crippen molar-refractivity contribution in [3.8, 4) is 5.75 Å². The van der Waals surface area contributed by atoms with E-state index in [2.05, 4.69) is 6.07 Å². The summed E-state index contributed by atoms with van der Waals surface area (Å²) in [6.07, 6.45) is 0. The van der Waals surface area contributed by atoms with E-state index in [-0.39, 0.29) is 12.5 Å². The van der Waals surface area contributed by atoms with Gasteiger partial charge in [-0.1, -0.05) is 6.07 Å².